The summed E-state index contributed by atoms with van der Waals surface area (Å²) in [4.78, 5) is 5.38. The molecule has 0 aromatic rings. The predicted molar refractivity (Wildman–Crippen MR) is 65.1 cm³/mol. The van der Waals surface area contributed by atoms with Crippen LogP contribution in [-0.4, -0.2) is 30.1 Å². The second-order valence-electron chi connectivity index (χ2n) is 6.38. The molecule has 90 valence electrons. The molecule has 0 unspecified atom stereocenters. The van der Waals surface area contributed by atoms with E-state index in [0.29, 0.717) is 11.5 Å². The smallest absolute Gasteiger partial charge is 0.0628 e. The fourth-order valence-corrected chi connectivity index (χ4v) is 3.51. The predicted octanol–water partition coefficient (Wildman–Crippen LogP) is 3.20. The Hall–Kier alpha value is -0.730. The van der Waals surface area contributed by atoms with E-state index in [9.17, 15) is 0 Å². The van der Waals surface area contributed by atoms with E-state index in [4.69, 9.17) is 5.53 Å². The lowest BCUT2D eigenvalue weighted by Crippen LogP contribution is -2.56. The lowest BCUT2D eigenvalue weighted by atomic mass is 9.70. The molecule has 0 aromatic heterocycles. The van der Waals surface area contributed by atoms with Gasteiger partial charge in [0.15, 0.2) is 0 Å². The average Bonchev–Trinajstić information content (AvgIpc) is 2.06. The molecule has 1 heterocycles. The normalized spacial score (nSPS) is 35.2. The molecule has 4 heteroatoms. The number of nitrogens with zero attached hydrogens (tertiary/aromatic N) is 4. The van der Waals surface area contributed by atoms with Crippen molar-refractivity contribution < 1.29 is 0 Å². The van der Waals surface area contributed by atoms with Gasteiger partial charge in [-0.25, -0.2) is 0 Å². The molecule has 1 saturated carbocycles. The summed E-state index contributed by atoms with van der Waals surface area (Å²) in [6, 6.07) is 0.939. The van der Waals surface area contributed by atoms with E-state index >= 15 is 0 Å². The molecule has 2 aliphatic rings. The monoisotopic (exact) mass is 222 g/mol. The maximum absolute atomic E-state index is 8.36. The first-order valence-corrected chi connectivity index (χ1v) is 6.28. The molecule has 1 aliphatic carbocycles. The highest BCUT2D eigenvalue weighted by Crippen LogP contribution is 2.41. The summed E-state index contributed by atoms with van der Waals surface area (Å²) in [5.74, 6) is 0.826. The van der Waals surface area contributed by atoms with Crippen molar-refractivity contribution in [2.24, 2.45) is 16.4 Å². The quantitative estimate of drug-likeness (QED) is 0.402. The van der Waals surface area contributed by atoms with Crippen molar-refractivity contribution >= 4 is 0 Å². The Morgan fingerprint density at radius 3 is 2.56 bits per heavy atom. The third-order valence-electron chi connectivity index (χ3n) is 3.99. The highest BCUT2D eigenvalue weighted by molar-refractivity contribution is 4.95. The van der Waals surface area contributed by atoms with Gasteiger partial charge in [0, 0.05) is 24.0 Å². The van der Waals surface area contributed by atoms with Crippen LogP contribution in [0.5, 0.6) is 0 Å². The number of hydrogen-bond donors (Lipinski definition) is 0. The van der Waals surface area contributed by atoms with Gasteiger partial charge in [0.1, 0.15) is 0 Å². The summed E-state index contributed by atoms with van der Waals surface area (Å²) >= 11 is 0. The van der Waals surface area contributed by atoms with Gasteiger partial charge in [-0.3, -0.25) is 4.90 Å². The lowest BCUT2D eigenvalue weighted by Gasteiger charge is -2.49. The highest BCUT2D eigenvalue weighted by atomic mass is 15.3. The van der Waals surface area contributed by atoms with Crippen LogP contribution in [0.2, 0.25) is 0 Å². The van der Waals surface area contributed by atoms with Crippen molar-refractivity contribution in [3.8, 4) is 0 Å². The fourth-order valence-electron chi connectivity index (χ4n) is 3.51. The van der Waals surface area contributed by atoms with Crippen LogP contribution in [0.3, 0.4) is 0 Å². The van der Waals surface area contributed by atoms with Gasteiger partial charge < -0.3 is 0 Å². The van der Waals surface area contributed by atoms with E-state index in [1.54, 1.807) is 0 Å². The molecule has 2 atom stereocenters. The molecule has 4 nitrogen and oxygen atoms in total. The third-order valence-corrected chi connectivity index (χ3v) is 3.99. The van der Waals surface area contributed by atoms with Gasteiger partial charge in [-0.1, -0.05) is 25.9 Å². The molecular formula is C12H22N4. The van der Waals surface area contributed by atoms with E-state index in [0.717, 1.165) is 19.0 Å². The summed E-state index contributed by atoms with van der Waals surface area (Å²) in [6.45, 7) is 9.05. The van der Waals surface area contributed by atoms with Crippen LogP contribution < -0.4 is 0 Å². The average molecular weight is 222 g/mol. The Kier molecular flexibility index (Phi) is 3.13. The number of azide groups is 1. The van der Waals surface area contributed by atoms with Crippen LogP contribution in [0.4, 0.5) is 0 Å². The SMILES string of the molecule is C[C@H]1C[C@H](N2CC(N=[N+]=[N-])C2)CC(C)(C)C1. The van der Waals surface area contributed by atoms with Crippen LogP contribution in [-0.2, 0) is 0 Å². The van der Waals surface area contributed by atoms with Crippen molar-refractivity contribution in [3.05, 3.63) is 10.4 Å². The minimum atomic E-state index is 0.227. The van der Waals surface area contributed by atoms with Gasteiger partial charge in [-0.05, 0) is 36.1 Å². The van der Waals surface area contributed by atoms with Gasteiger partial charge >= 0.3 is 0 Å². The molecule has 0 N–H and O–H groups in total. The van der Waals surface area contributed by atoms with Gasteiger partial charge in [0.25, 0.3) is 0 Å². The third kappa shape index (κ3) is 2.50. The topological polar surface area (TPSA) is 52.0 Å². The van der Waals surface area contributed by atoms with Crippen molar-refractivity contribution in [2.45, 2.75) is 52.1 Å². The Bertz CT molecular complexity index is 300. The summed E-state index contributed by atoms with van der Waals surface area (Å²) in [7, 11) is 0. The number of likely N-dealkylation sites (tertiary alicyclic amines) is 1. The zero-order chi connectivity index (χ0) is 11.8. The van der Waals surface area contributed by atoms with Gasteiger partial charge in [0.05, 0.1) is 6.04 Å². The minimum Gasteiger partial charge on any atom is -0.299 e. The molecule has 2 rings (SSSR count). The highest BCUT2D eigenvalue weighted by Gasteiger charge is 2.39. The van der Waals surface area contributed by atoms with Crippen molar-refractivity contribution in [2.75, 3.05) is 13.1 Å². The molecule has 2 fully saturated rings. The van der Waals surface area contributed by atoms with Gasteiger partial charge in [0.2, 0.25) is 0 Å². The van der Waals surface area contributed by atoms with E-state index in [2.05, 4.69) is 35.7 Å². The van der Waals surface area contributed by atoms with Crippen LogP contribution in [0.15, 0.2) is 5.11 Å². The zero-order valence-corrected chi connectivity index (χ0v) is 10.6. The van der Waals surface area contributed by atoms with E-state index in [1.165, 1.54) is 19.3 Å². The Morgan fingerprint density at radius 1 is 1.31 bits per heavy atom. The van der Waals surface area contributed by atoms with Gasteiger partial charge in [-0.15, -0.1) is 0 Å². The van der Waals surface area contributed by atoms with Gasteiger partial charge in [-0.2, -0.15) is 0 Å². The fraction of sp³-hybridized carbons (Fsp3) is 1.00. The second-order valence-corrected chi connectivity index (χ2v) is 6.38. The second kappa shape index (κ2) is 4.27. The number of hydrogen-bond acceptors (Lipinski definition) is 2. The van der Waals surface area contributed by atoms with Crippen LogP contribution >= 0.6 is 0 Å². The summed E-state index contributed by atoms with van der Waals surface area (Å²) < 4.78 is 0. The molecule has 0 radical (unpaired) electrons. The van der Waals surface area contributed by atoms with Crippen LogP contribution in [0, 0.1) is 11.3 Å². The summed E-state index contributed by atoms with van der Waals surface area (Å²) in [5.41, 5.74) is 8.84. The molecule has 1 aliphatic heterocycles. The van der Waals surface area contributed by atoms with Crippen molar-refractivity contribution in [1.82, 2.24) is 4.90 Å². The molecule has 0 spiro atoms. The Balaban J connectivity index is 1.89. The molecule has 0 bridgehead atoms. The van der Waals surface area contributed by atoms with E-state index in [1.807, 2.05) is 0 Å². The first-order chi connectivity index (χ1) is 7.50. The Morgan fingerprint density at radius 2 is 2.00 bits per heavy atom. The first kappa shape index (κ1) is 11.7. The van der Waals surface area contributed by atoms with Crippen molar-refractivity contribution in [1.29, 1.82) is 0 Å². The van der Waals surface area contributed by atoms with Crippen LogP contribution in [0.1, 0.15) is 40.0 Å². The van der Waals surface area contributed by atoms with Crippen LogP contribution in [0.25, 0.3) is 10.4 Å². The maximum Gasteiger partial charge on any atom is 0.0628 e. The minimum absolute atomic E-state index is 0.227. The summed E-state index contributed by atoms with van der Waals surface area (Å²) in [5, 5.41) is 3.77. The van der Waals surface area contributed by atoms with E-state index < -0.39 is 0 Å². The first-order valence-electron chi connectivity index (χ1n) is 6.28. The Labute approximate surface area is 97.6 Å². The molecule has 1 saturated heterocycles. The largest absolute Gasteiger partial charge is 0.299 e. The van der Waals surface area contributed by atoms with E-state index in [-0.39, 0.29) is 6.04 Å². The zero-order valence-electron chi connectivity index (χ0n) is 10.6. The maximum atomic E-state index is 8.36. The molecule has 0 amide bonds. The lowest BCUT2D eigenvalue weighted by molar-refractivity contribution is 0.0191. The standard InChI is InChI=1S/C12H22N4/c1-9-4-11(6-12(2,3)5-9)16-7-10(8-16)14-15-13/h9-11H,4-8H2,1-3H3/t9-,11-/m0/s1. The summed E-state index contributed by atoms with van der Waals surface area (Å²) in [6.07, 6.45) is 3.95. The number of rotatable bonds is 2. The molecule has 16 heavy (non-hydrogen) atoms. The van der Waals surface area contributed by atoms with Crippen molar-refractivity contribution in [3.63, 3.8) is 0 Å². The molecule has 0 aromatic carbocycles. The molecular weight excluding hydrogens is 200 g/mol.